The predicted molar refractivity (Wildman–Crippen MR) is 104 cm³/mol. The minimum absolute atomic E-state index is 0.00282. The van der Waals surface area contributed by atoms with Crippen molar-refractivity contribution in [3.63, 3.8) is 0 Å². The lowest BCUT2D eigenvalue weighted by molar-refractivity contribution is 0.0212. The molecule has 2 aromatic rings. The van der Waals surface area contributed by atoms with Gasteiger partial charge in [-0.05, 0) is 32.9 Å². The fourth-order valence-electron chi connectivity index (χ4n) is 4.07. The van der Waals surface area contributed by atoms with E-state index in [1.807, 2.05) is 25.7 Å². The Morgan fingerprint density at radius 1 is 1.32 bits per heavy atom. The highest BCUT2D eigenvalue weighted by Crippen LogP contribution is 2.31. The molecule has 4 rings (SSSR count). The zero-order chi connectivity index (χ0) is 20.2. The fourth-order valence-corrected chi connectivity index (χ4v) is 4.07. The summed E-state index contributed by atoms with van der Waals surface area (Å²) in [5.41, 5.74) is -0.613. The fraction of sp³-hybridized carbons (Fsp3) is 0.500. The highest BCUT2D eigenvalue weighted by Gasteiger charge is 2.36. The molecule has 7 nitrogen and oxygen atoms in total. The lowest BCUT2D eigenvalue weighted by Gasteiger charge is -2.27. The number of hydrogen-bond donors (Lipinski definition) is 2. The van der Waals surface area contributed by atoms with Gasteiger partial charge in [-0.3, -0.25) is 4.79 Å². The Hall–Kier alpha value is -2.45. The first-order chi connectivity index (χ1) is 13.2. The molecule has 0 spiro atoms. The number of ether oxygens (including phenoxy) is 1. The number of rotatable bonds is 2. The molecule has 150 valence electrons. The van der Waals surface area contributed by atoms with Gasteiger partial charge in [0, 0.05) is 36.8 Å². The second-order valence-electron chi connectivity index (χ2n) is 8.41. The lowest BCUT2D eigenvalue weighted by atomic mass is 10.0. The van der Waals surface area contributed by atoms with Crippen molar-refractivity contribution < 1.29 is 19.0 Å². The minimum atomic E-state index is -1.32. The molecule has 0 amide bonds. The molecule has 0 saturated carbocycles. The molecule has 1 aromatic carbocycles. The number of anilines is 1. The molecule has 0 bridgehead atoms. The molecule has 3 heterocycles. The number of halogens is 1. The molecule has 2 fully saturated rings. The SMILES string of the molecule is CC(C)(C)n1cc(C(=O)O)c(=O)c2cc(F)c(N3C[C@@H]4OCCN[C@@H]4C3)cc21. The molecule has 0 radical (unpaired) electrons. The van der Waals surface area contributed by atoms with Gasteiger partial charge >= 0.3 is 5.97 Å². The molecule has 2 aliphatic rings. The molecular formula is C20H24FN3O4. The maximum atomic E-state index is 15.0. The third kappa shape index (κ3) is 3.06. The van der Waals surface area contributed by atoms with E-state index in [1.165, 1.54) is 6.20 Å². The Labute approximate surface area is 161 Å². The van der Waals surface area contributed by atoms with Crippen LogP contribution >= 0.6 is 0 Å². The van der Waals surface area contributed by atoms with Gasteiger partial charge in [0.2, 0.25) is 5.43 Å². The van der Waals surface area contributed by atoms with Crippen molar-refractivity contribution in [1.29, 1.82) is 0 Å². The Morgan fingerprint density at radius 3 is 2.71 bits per heavy atom. The normalized spacial score (nSPS) is 22.5. The van der Waals surface area contributed by atoms with Crippen molar-refractivity contribution in [1.82, 2.24) is 9.88 Å². The van der Waals surface area contributed by atoms with Gasteiger partial charge in [-0.15, -0.1) is 0 Å². The summed E-state index contributed by atoms with van der Waals surface area (Å²) in [6.07, 6.45) is 1.35. The van der Waals surface area contributed by atoms with Gasteiger partial charge in [0.25, 0.3) is 0 Å². The van der Waals surface area contributed by atoms with Crippen LogP contribution in [0, 0.1) is 5.82 Å². The first kappa shape index (κ1) is 18.9. The minimum Gasteiger partial charge on any atom is -0.477 e. The summed E-state index contributed by atoms with van der Waals surface area (Å²) in [5, 5.41) is 12.9. The van der Waals surface area contributed by atoms with Crippen LogP contribution in [0.25, 0.3) is 10.9 Å². The standard InChI is InChI=1S/C20H24FN3O4/c1-20(2,3)24-8-12(19(26)27)18(25)11-6-13(21)16(7-15(11)24)23-9-14-17(10-23)28-5-4-22-14/h6-8,14,17,22H,4-5,9-10H2,1-3H3,(H,26,27)/t14-,17+/m1/s1. The average molecular weight is 389 g/mol. The van der Waals surface area contributed by atoms with E-state index in [-0.39, 0.29) is 23.1 Å². The van der Waals surface area contributed by atoms with E-state index in [2.05, 4.69) is 5.32 Å². The number of fused-ring (bicyclic) bond motifs is 2. The predicted octanol–water partition coefficient (Wildman–Crippen LogP) is 1.77. The summed E-state index contributed by atoms with van der Waals surface area (Å²) in [7, 11) is 0. The van der Waals surface area contributed by atoms with Crippen LogP contribution in [0.15, 0.2) is 23.1 Å². The Balaban J connectivity index is 1.89. The van der Waals surface area contributed by atoms with Crippen molar-refractivity contribution in [2.24, 2.45) is 0 Å². The number of carboxylic acids is 1. The first-order valence-corrected chi connectivity index (χ1v) is 9.39. The first-order valence-electron chi connectivity index (χ1n) is 9.39. The second kappa shape index (κ2) is 6.56. The smallest absolute Gasteiger partial charge is 0.341 e. The number of morpholine rings is 1. The molecule has 2 atom stereocenters. The highest BCUT2D eigenvalue weighted by molar-refractivity contribution is 5.93. The quantitative estimate of drug-likeness (QED) is 0.815. The van der Waals surface area contributed by atoms with Crippen molar-refractivity contribution >= 4 is 22.6 Å². The van der Waals surface area contributed by atoms with Crippen LogP contribution in [0.5, 0.6) is 0 Å². The summed E-state index contributed by atoms with van der Waals surface area (Å²) in [5.74, 6) is -1.85. The number of aromatic nitrogens is 1. The number of hydrogen-bond acceptors (Lipinski definition) is 5. The van der Waals surface area contributed by atoms with E-state index >= 15 is 0 Å². The van der Waals surface area contributed by atoms with Crippen LogP contribution in [-0.2, 0) is 10.3 Å². The van der Waals surface area contributed by atoms with Gasteiger partial charge in [0.1, 0.15) is 11.4 Å². The zero-order valence-corrected chi connectivity index (χ0v) is 16.2. The van der Waals surface area contributed by atoms with E-state index in [9.17, 15) is 19.1 Å². The van der Waals surface area contributed by atoms with Crippen LogP contribution in [0.2, 0.25) is 0 Å². The summed E-state index contributed by atoms with van der Waals surface area (Å²) in [6, 6.07) is 2.96. The van der Waals surface area contributed by atoms with E-state index in [1.54, 1.807) is 10.6 Å². The van der Waals surface area contributed by atoms with Gasteiger partial charge in [-0.25, -0.2) is 9.18 Å². The molecular weight excluding hydrogens is 365 g/mol. The number of benzene rings is 1. The molecule has 1 aromatic heterocycles. The lowest BCUT2D eigenvalue weighted by Crippen LogP contribution is -2.47. The number of carbonyl (C=O) groups is 1. The topological polar surface area (TPSA) is 83.8 Å². The number of pyridine rings is 1. The second-order valence-corrected chi connectivity index (χ2v) is 8.41. The van der Waals surface area contributed by atoms with Crippen LogP contribution in [-0.4, -0.2) is 54.0 Å². The van der Waals surface area contributed by atoms with E-state index in [4.69, 9.17) is 4.74 Å². The van der Waals surface area contributed by atoms with Gasteiger partial charge in [-0.1, -0.05) is 0 Å². The van der Waals surface area contributed by atoms with E-state index < -0.39 is 22.8 Å². The summed E-state index contributed by atoms with van der Waals surface area (Å²) >= 11 is 0. The van der Waals surface area contributed by atoms with Crippen molar-refractivity contribution in [2.75, 3.05) is 31.1 Å². The van der Waals surface area contributed by atoms with Crippen LogP contribution in [0.4, 0.5) is 10.1 Å². The van der Waals surface area contributed by atoms with Gasteiger partial charge < -0.3 is 24.6 Å². The highest BCUT2D eigenvalue weighted by atomic mass is 19.1. The Kier molecular flexibility index (Phi) is 4.43. The van der Waals surface area contributed by atoms with Crippen LogP contribution in [0.1, 0.15) is 31.1 Å². The molecule has 2 N–H and O–H groups in total. The zero-order valence-electron chi connectivity index (χ0n) is 16.2. The van der Waals surface area contributed by atoms with E-state index in [0.717, 1.165) is 12.6 Å². The van der Waals surface area contributed by atoms with Gasteiger partial charge in [0.15, 0.2) is 0 Å². The number of carboxylic acid groups (broad SMARTS) is 1. The number of nitrogens with one attached hydrogen (secondary N) is 1. The molecule has 2 saturated heterocycles. The summed E-state index contributed by atoms with van der Waals surface area (Å²) in [6.45, 7) is 8.32. The van der Waals surface area contributed by atoms with Gasteiger partial charge in [-0.2, -0.15) is 0 Å². The summed E-state index contributed by atoms with van der Waals surface area (Å²) in [4.78, 5) is 26.1. The molecule has 0 unspecified atom stereocenters. The Morgan fingerprint density at radius 2 is 2.07 bits per heavy atom. The van der Waals surface area contributed by atoms with Gasteiger partial charge in [0.05, 0.1) is 30.0 Å². The number of aromatic carboxylic acids is 1. The largest absolute Gasteiger partial charge is 0.477 e. The molecule has 2 aliphatic heterocycles. The van der Waals surface area contributed by atoms with Crippen LogP contribution in [0.3, 0.4) is 0 Å². The average Bonchev–Trinajstić information content (AvgIpc) is 3.04. The maximum absolute atomic E-state index is 15.0. The van der Waals surface area contributed by atoms with Crippen LogP contribution < -0.4 is 15.6 Å². The third-order valence-electron chi connectivity index (χ3n) is 5.47. The Bertz CT molecular complexity index is 997. The van der Waals surface area contributed by atoms with E-state index in [0.29, 0.717) is 30.9 Å². The van der Waals surface area contributed by atoms with Crippen molar-refractivity contribution in [2.45, 2.75) is 38.5 Å². The maximum Gasteiger partial charge on any atom is 0.341 e. The molecule has 8 heteroatoms. The number of nitrogens with zero attached hydrogens (tertiary/aromatic N) is 2. The monoisotopic (exact) mass is 389 g/mol. The third-order valence-corrected chi connectivity index (χ3v) is 5.47. The molecule has 0 aliphatic carbocycles. The summed E-state index contributed by atoms with van der Waals surface area (Å²) < 4.78 is 22.5. The van der Waals surface area contributed by atoms with Crippen molar-refractivity contribution in [3.8, 4) is 0 Å². The molecule has 28 heavy (non-hydrogen) atoms. The van der Waals surface area contributed by atoms with Crippen molar-refractivity contribution in [3.05, 3.63) is 39.9 Å².